The van der Waals surface area contributed by atoms with Crippen molar-refractivity contribution in [2.75, 3.05) is 14.1 Å². The van der Waals surface area contributed by atoms with E-state index in [-0.39, 0.29) is 5.91 Å². The number of halogens is 1. The van der Waals surface area contributed by atoms with Gasteiger partial charge in [0.2, 0.25) is 5.91 Å². The fourth-order valence-electron chi connectivity index (χ4n) is 1.99. The predicted octanol–water partition coefficient (Wildman–Crippen LogP) is 3.27. The molecule has 2 rings (SSSR count). The molecule has 0 saturated carbocycles. The van der Waals surface area contributed by atoms with E-state index in [1.54, 1.807) is 19.0 Å². The van der Waals surface area contributed by atoms with Crippen LogP contribution in [0.1, 0.15) is 12.8 Å². The van der Waals surface area contributed by atoms with Gasteiger partial charge in [0.15, 0.2) is 0 Å². The molecule has 1 aromatic carbocycles. The lowest BCUT2D eigenvalue weighted by molar-refractivity contribution is -0.128. The second-order valence-corrected chi connectivity index (χ2v) is 5.52. The van der Waals surface area contributed by atoms with Crippen molar-refractivity contribution in [1.82, 2.24) is 9.47 Å². The number of aryl methyl sites for hydroxylation is 1. The summed E-state index contributed by atoms with van der Waals surface area (Å²) in [6.45, 7) is 0.880. The summed E-state index contributed by atoms with van der Waals surface area (Å²) >= 11 is 3.47. The summed E-state index contributed by atoms with van der Waals surface area (Å²) in [6.07, 6.45) is 3.55. The average Bonchev–Trinajstić information content (AvgIpc) is 2.71. The van der Waals surface area contributed by atoms with Crippen molar-refractivity contribution in [3.63, 3.8) is 0 Å². The third-order valence-corrected chi connectivity index (χ3v) is 3.51. The molecule has 0 aliphatic heterocycles. The summed E-state index contributed by atoms with van der Waals surface area (Å²) in [6, 6.07) is 8.36. The third kappa shape index (κ3) is 2.93. The van der Waals surface area contributed by atoms with E-state index < -0.39 is 0 Å². The molecular weight excluding hydrogens is 292 g/mol. The summed E-state index contributed by atoms with van der Waals surface area (Å²) < 4.78 is 3.29. The van der Waals surface area contributed by atoms with Crippen LogP contribution in [0.15, 0.2) is 34.9 Å². The molecule has 0 aliphatic carbocycles. The van der Waals surface area contributed by atoms with E-state index in [1.807, 2.05) is 6.07 Å². The van der Waals surface area contributed by atoms with Gasteiger partial charge in [-0.25, -0.2) is 0 Å². The van der Waals surface area contributed by atoms with Gasteiger partial charge in [0.05, 0.1) is 0 Å². The average molecular weight is 309 g/mol. The Bertz CT molecular complexity index is 560. The number of amides is 1. The van der Waals surface area contributed by atoms with E-state index in [4.69, 9.17) is 0 Å². The first kappa shape index (κ1) is 13.1. The van der Waals surface area contributed by atoms with Crippen LogP contribution in [-0.2, 0) is 11.3 Å². The van der Waals surface area contributed by atoms with Crippen molar-refractivity contribution in [1.29, 1.82) is 0 Å². The molecule has 0 aliphatic rings. The Morgan fingerprint density at radius 2 is 2.11 bits per heavy atom. The first-order chi connectivity index (χ1) is 8.58. The van der Waals surface area contributed by atoms with Gasteiger partial charge in [-0.3, -0.25) is 4.79 Å². The Balaban J connectivity index is 2.02. The molecule has 0 spiro atoms. The van der Waals surface area contributed by atoms with Gasteiger partial charge in [0.25, 0.3) is 0 Å². The molecule has 0 saturated heterocycles. The van der Waals surface area contributed by atoms with E-state index in [2.05, 4.69) is 44.9 Å². The molecule has 0 radical (unpaired) electrons. The van der Waals surface area contributed by atoms with Crippen molar-refractivity contribution in [2.45, 2.75) is 19.4 Å². The van der Waals surface area contributed by atoms with Gasteiger partial charge in [-0.2, -0.15) is 0 Å². The van der Waals surface area contributed by atoms with E-state index in [1.165, 1.54) is 10.9 Å². The summed E-state index contributed by atoms with van der Waals surface area (Å²) in [5.74, 6) is 0.189. The van der Waals surface area contributed by atoms with Crippen LogP contribution >= 0.6 is 15.9 Å². The number of fused-ring (bicyclic) bond motifs is 1. The Morgan fingerprint density at radius 3 is 2.83 bits per heavy atom. The molecule has 96 valence electrons. The zero-order valence-electron chi connectivity index (χ0n) is 10.7. The minimum atomic E-state index is 0.189. The van der Waals surface area contributed by atoms with Gasteiger partial charge in [0, 0.05) is 48.6 Å². The highest BCUT2D eigenvalue weighted by atomic mass is 79.9. The van der Waals surface area contributed by atoms with Crippen molar-refractivity contribution in [3.05, 3.63) is 34.9 Å². The fourth-order valence-corrected chi connectivity index (χ4v) is 2.37. The van der Waals surface area contributed by atoms with Crippen LogP contribution in [0.25, 0.3) is 10.9 Å². The molecule has 0 atom stereocenters. The van der Waals surface area contributed by atoms with Crippen LogP contribution in [-0.4, -0.2) is 29.5 Å². The number of hydrogen-bond acceptors (Lipinski definition) is 1. The largest absolute Gasteiger partial charge is 0.349 e. The van der Waals surface area contributed by atoms with Gasteiger partial charge in [-0.15, -0.1) is 0 Å². The topological polar surface area (TPSA) is 25.2 Å². The van der Waals surface area contributed by atoms with Crippen LogP contribution in [0.5, 0.6) is 0 Å². The van der Waals surface area contributed by atoms with Gasteiger partial charge in [-0.1, -0.05) is 15.9 Å². The lowest BCUT2D eigenvalue weighted by Crippen LogP contribution is -2.21. The minimum absolute atomic E-state index is 0.189. The Morgan fingerprint density at radius 1 is 1.33 bits per heavy atom. The zero-order valence-corrected chi connectivity index (χ0v) is 12.3. The van der Waals surface area contributed by atoms with Gasteiger partial charge < -0.3 is 9.47 Å². The number of carbonyl (C=O) groups is 1. The lowest BCUT2D eigenvalue weighted by atomic mass is 10.2. The van der Waals surface area contributed by atoms with Crippen LogP contribution in [0, 0.1) is 0 Å². The number of carbonyl (C=O) groups excluding carboxylic acids is 1. The lowest BCUT2D eigenvalue weighted by Gasteiger charge is -2.10. The normalized spacial score (nSPS) is 10.8. The number of rotatable bonds is 4. The minimum Gasteiger partial charge on any atom is -0.349 e. The third-order valence-electron chi connectivity index (χ3n) is 3.02. The fraction of sp³-hybridized carbons (Fsp3) is 0.357. The Labute approximate surface area is 116 Å². The second-order valence-electron chi connectivity index (χ2n) is 4.60. The highest BCUT2D eigenvalue weighted by Gasteiger charge is 2.05. The van der Waals surface area contributed by atoms with E-state index >= 15 is 0 Å². The molecule has 2 aromatic rings. The first-order valence-corrected chi connectivity index (χ1v) is 6.82. The Kier molecular flexibility index (Phi) is 4.07. The van der Waals surface area contributed by atoms with Crippen molar-refractivity contribution in [3.8, 4) is 0 Å². The molecule has 0 unspecified atom stereocenters. The number of nitrogens with zero attached hydrogens (tertiary/aromatic N) is 2. The molecule has 0 N–H and O–H groups in total. The van der Waals surface area contributed by atoms with E-state index in [9.17, 15) is 4.79 Å². The summed E-state index contributed by atoms with van der Waals surface area (Å²) in [5.41, 5.74) is 1.22. The summed E-state index contributed by atoms with van der Waals surface area (Å²) in [5, 5.41) is 1.23. The van der Waals surface area contributed by atoms with Crippen molar-refractivity contribution >= 4 is 32.7 Å². The van der Waals surface area contributed by atoms with Crippen LogP contribution in [0.3, 0.4) is 0 Å². The van der Waals surface area contributed by atoms with Gasteiger partial charge in [-0.05, 0) is 30.7 Å². The molecule has 1 amide bonds. The van der Waals surface area contributed by atoms with Crippen LogP contribution in [0.2, 0.25) is 0 Å². The molecule has 18 heavy (non-hydrogen) atoms. The maximum Gasteiger partial charge on any atom is 0.222 e. The van der Waals surface area contributed by atoms with Crippen LogP contribution < -0.4 is 0 Å². The molecule has 0 fully saturated rings. The highest BCUT2D eigenvalue weighted by molar-refractivity contribution is 9.10. The van der Waals surface area contributed by atoms with E-state index in [0.29, 0.717) is 6.42 Å². The number of benzene rings is 1. The summed E-state index contributed by atoms with van der Waals surface area (Å²) in [7, 11) is 3.59. The molecule has 4 heteroatoms. The maximum absolute atomic E-state index is 11.5. The number of hydrogen-bond donors (Lipinski definition) is 0. The van der Waals surface area contributed by atoms with Gasteiger partial charge in [0.1, 0.15) is 0 Å². The SMILES string of the molecule is CN(C)C(=O)CCCn1ccc2cc(Br)ccc21. The molecule has 1 aromatic heterocycles. The van der Waals surface area contributed by atoms with Gasteiger partial charge >= 0.3 is 0 Å². The monoisotopic (exact) mass is 308 g/mol. The standard InChI is InChI=1S/C14H17BrN2O/c1-16(2)14(18)4-3-8-17-9-7-11-10-12(15)5-6-13(11)17/h5-7,9-10H,3-4,8H2,1-2H3. The second kappa shape index (κ2) is 5.57. The van der Waals surface area contributed by atoms with Crippen LogP contribution in [0.4, 0.5) is 0 Å². The highest BCUT2D eigenvalue weighted by Crippen LogP contribution is 2.21. The predicted molar refractivity (Wildman–Crippen MR) is 77.6 cm³/mol. The molecule has 3 nitrogen and oxygen atoms in total. The smallest absolute Gasteiger partial charge is 0.222 e. The number of aromatic nitrogens is 1. The molecule has 0 bridgehead atoms. The van der Waals surface area contributed by atoms with Crippen molar-refractivity contribution < 1.29 is 4.79 Å². The maximum atomic E-state index is 11.5. The summed E-state index contributed by atoms with van der Waals surface area (Å²) in [4.78, 5) is 13.1. The Hall–Kier alpha value is -1.29. The zero-order chi connectivity index (χ0) is 13.1. The van der Waals surface area contributed by atoms with Crippen molar-refractivity contribution in [2.24, 2.45) is 0 Å². The quantitative estimate of drug-likeness (QED) is 0.851. The first-order valence-electron chi connectivity index (χ1n) is 6.02. The van der Waals surface area contributed by atoms with E-state index in [0.717, 1.165) is 17.4 Å². The molecule has 1 heterocycles. The molecular formula is C14H17BrN2O.